The molecular weight excluding hydrogens is 220 g/mol. The van der Waals surface area contributed by atoms with Crippen LogP contribution in [0.25, 0.3) is 0 Å². The number of rotatable bonds is 8. The van der Waals surface area contributed by atoms with E-state index in [0.717, 1.165) is 6.42 Å². The van der Waals surface area contributed by atoms with Crippen LogP contribution in [0.4, 0.5) is 0 Å². The van der Waals surface area contributed by atoms with Gasteiger partial charge in [0.1, 0.15) is 0 Å². The van der Waals surface area contributed by atoms with Gasteiger partial charge < -0.3 is 16.2 Å². The lowest BCUT2D eigenvalue weighted by Crippen LogP contribution is -2.44. The Morgan fingerprint density at radius 2 is 2.00 bits per heavy atom. The van der Waals surface area contributed by atoms with Crippen molar-refractivity contribution in [3.63, 3.8) is 0 Å². The van der Waals surface area contributed by atoms with Crippen LogP contribution in [0.15, 0.2) is 0 Å². The molecule has 0 aliphatic heterocycles. The molecule has 5 heteroatoms. The second-order valence-electron chi connectivity index (χ2n) is 4.98. The summed E-state index contributed by atoms with van der Waals surface area (Å²) < 4.78 is 0. The van der Waals surface area contributed by atoms with E-state index in [2.05, 4.69) is 5.32 Å². The third-order valence-corrected chi connectivity index (χ3v) is 2.78. The molecule has 0 spiro atoms. The summed E-state index contributed by atoms with van der Waals surface area (Å²) >= 11 is 0. The van der Waals surface area contributed by atoms with E-state index >= 15 is 0 Å². The van der Waals surface area contributed by atoms with Gasteiger partial charge in [0, 0.05) is 11.5 Å². The Bertz CT molecular complexity index is 264. The van der Waals surface area contributed by atoms with E-state index in [9.17, 15) is 9.59 Å². The minimum atomic E-state index is -0.889. The average Bonchev–Trinajstić information content (AvgIpc) is 2.16. The molecule has 1 amide bonds. The zero-order valence-electron chi connectivity index (χ0n) is 11.0. The highest BCUT2D eigenvalue weighted by molar-refractivity contribution is 5.82. The molecule has 0 saturated heterocycles. The molecule has 0 aromatic rings. The Morgan fingerprint density at radius 3 is 2.41 bits per heavy atom. The van der Waals surface area contributed by atoms with Gasteiger partial charge >= 0.3 is 5.97 Å². The summed E-state index contributed by atoms with van der Waals surface area (Å²) in [6.07, 6.45) is 2.08. The zero-order valence-corrected chi connectivity index (χ0v) is 11.0. The summed E-state index contributed by atoms with van der Waals surface area (Å²) in [6, 6.07) is -0.290. The number of aliphatic carboxylic acids is 1. The van der Waals surface area contributed by atoms with Crippen LogP contribution < -0.4 is 11.1 Å². The van der Waals surface area contributed by atoms with Gasteiger partial charge in [0.25, 0.3) is 0 Å². The van der Waals surface area contributed by atoms with Crippen molar-refractivity contribution in [2.24, 2.45) is 11.1 Å². The monoisotopic (exact) mass is 244 g/mol. The predicted octanol–water partition coefficient (Wildman–Crippen LogP) is 1.12. The van der Waals surface area contributed by atoms with Crippen molar-refractivity contribution in [1.29, 1.82) is 0 Å². The van der Waals surface area contributed by atoms with Crippen molar-refractivity contribution in [1.82, 2.24) is 5.32 Å². The summed E-state index contributed by atoms with van der Waals surface area (Å²) in [5.74, 6) is -1.01. The first kappa shape index (κ1) is 15.9. The van der Waals surface area contributed by atoms with Crippen LogP contribution in [-0.4, -0.2) is 29.6 Å². The van der Waals surface area contributed by atoms with Crippen LogP contribution in [-0.2, 0) is 9.59 Å². The minimum Gasteiger partial charge on any atom is -0.481 e. The molecular formula is C12H24N2O3. The van der Waals surface area contributed by atoms with Crippen LogP contribution in [0.2, 0.25) is 0 Å². The molecule has 0 aromatic carbocycles. The molecule has 0 aliphatic rings. The van der Waals surface area contributed by atoms with E-state index in [-0.39, 0.29) is 18.4 Å². The maximum atomic E-state index is 12.0. The topological polar surface area (TPSA) is 92.4 Å². The largest absolute Gasteiger partial charge is 0.481 e. The van der Waals surface area contributed by atoms with Crippen LogP contribution >= 0.6 is 0 Å². The van der Waals surface area contributed by atoms with Crippen molar-refractivity contribution < 1.29 is 14.7 Å². The van der Waals surface area contributed by atoms with Gasteiger partial charge in [-0.1, -0.05) is 27.2 Å². The molecule has 1 atom stereocenters. The normalized spacial score (nSPS) is 13.2. The lowest BCUT2D eigenvalue weighted by Gasteiger charge is -2.26. The average molecular weight is 244 g/mol. The van der Waals surface area contributed by atoms with E-state index in [4.69, 9.17) is 10.8 Å². The van der Waals surface area contributed by atoms with E-state index in [1.54, 1.807) is 0 Å². The summed E-state index contributed by atoms with van der Waals surface area (Å²) in [7, 11) is 0. The Labute approximate surface area is 103 Å². The van der Waals surface area contributed by atoms with Crippen LogP contribution in [0.3, 0.4) is 0 Å². The van der Waals surface area contributed by atoms with Gasteiger partial charge in [-0.15, -0.1) is 0 Å². The van der Waals surface area contributed by atoms with Gasteiger partial charge in [0.2, 0.25) is 5.91 Å². The van der Waals surface area contributed by atoms with Gasteiger partial charge in [-0.3, -0.25) is 9.59 Å². The Morgan fingerprint density at radius 1 is 1.41 bits per heavy atom. The summed E-state index contributed by atoms with van der Waals surface area (Å²) in [5.41, 5.74) is 4.91. The minimum absolute atomic E-state index is 0.0295. The molecule has 0 aliphatic carbocycles. The highest BCUT2D eigenvalue weighted by Crippen LogP contribution is 2.20. The van der Waals surface area contributed by atoms with Crippen molar-refractivity contribution in [2.45, 2.75) is 52.5 Å². The highest BCUT2D eigenvalue weighted by atomic mass is 16.4. The fourth-order valence-electron chi connectivity index (χ4n) is 1.64. The molecule has 4 N–H and O–H groups in total. The smallest absolute Gasteiger partial charge is 0.305 e. The molecule has 0 rings (SSSR count). The van der Waals surface area contributed by atoms with Crippen LogP contribution in [0.1, 0.15) is 46.5 Å². The second kappa shape index (κ2) is 7.27. The quantitative estimate of drug-likeness (QED) is 0.596. The highest BCUT2D eigenvalue weighted by Gasteiger charge is 2.28. The van der Waals surface area contributed by atoms with E-state index < -0.39 is 11.4 Å². The lowest BCUT2D eigenvalue weighted by molar-refractivity contribution is -0.138. The Hall–Kier alpha value is -1.10. The van der Waals surface area contributed by atoms with Gasteiger partial charge in [0.05, 0.1) is 6.42 Å². The summed E-state index contributed by atoms with van der Waals surface area (Å²) in [4.78, 5) is 22.6. The fraction of sp³-hybridized carbons (Fsp3) is 0.833. The lowest BCUT2D eigenvalue weighted by atomic mass is 9.87. The van der Waals surface area contributed by atoms with Crippen LogP contribution in [0, 0.1) is 5.41 Å². The van der Waals surface area contributed by atoms with E-state index in [1.165, 1.54) is 0 Å². The number of nitrogens with two attached hydrogens (primary N) is 1. The number of hydrogen-bond acceptors (Lipinski definition) is 3. The number of amides is 1. The maximum absolute atomic E-state index is 12.0. The third-order valence-electron chi connectivity index (χ3n) is 2.78. The van der Waals surface area contributed by atoms with Crippen molar-refractivity contribution in [2.75, 3.05) is 6.54 Å². The maximum Gasteiger partial charge on any atom is 0.305 e. The molecule has 0 aromatic heterocycles. The van der Waals surface area contributed by atoms with Gasteiger partial charge in [0.15, 0.2) is 0 Å². The second-order valence-corrected chi connectivity index (χ2v) is 4.98. The van der Waals surface area contributed by atoms with E-state index in [1.807, 2.05) is 20.8 Å². The van der Waals surface area contributed by atoms with Gasteiger partial charge in [-0.25, -0.2) is 0 Å². The first-order chi connectivity index (χ1) is 7.83. The molecule has 0 fully saturated rings. The fourth-order valence-corrected chi connectivity index (χ4v) is 1.64. The van der Waals surface area contributed by atoms with E-state index in [0.29, 0.717) is 19.4 Å². The number of carboxylic acids is 1. The molecule has 0 heterocycles. The molecule has 0 saturated carbocycles. The van der Waals surface area contributed by atoms with Gasteiger partial charge in [-0.2, -0.15) is 0 Å². The Balaban J connectivity index is 4.43. The molecule has 1 unspecified atom stereocenters. The summed E-state index contributed by atoms with van der Waals surface area (Å²) in [5, 5.41) is 11.6. The zero-order chi connectivity index (χ0) is 13.5. The Kier molecular flexibility index (Phi) is 6.80. The third kappa shape index (κ3) is 6.26. The number of carboxylic acid groups (broad SMARTS) is 1. The molecule has 17 heavy (non-hydrogen) atoms. The van der Waals surface area contributed by atoms with Crippen molar-refractivity contribution in [3.8, 4) is 0 Å². The molecule has 5 nitrogen and oxygen atoms in total. The predicted molar refractivity (Wildman–Crippen MR) is 66.5 cm³/mol. The number of nitrogens with one attached hydrogen (secondary N) is 1. The molecule has 0 bridgehead atoms. The number of carbonyl (C=O) groups is 2. The standard InChI is InChI=1S/C12H24N2O3/c1-4-5-9(8-10(15)16)14-11(17)12(2,3)6-7-13/h9H,4-8,13H2,1-3H3,(H,14,17)(H,15,16). The summed E-state index contributed by atoms with van der Waals surface area (Å²) in [6.45, 7) is 6.04. The molecule has 0 radical (unpaired) electrons. The first-order valence-corrected chi connectivity index (χ1v) is 6.06. The number of carbonyl (C=O) groups excluding carboxylic acids is 1. The number of hydrogen-bond donors (Lipinski definition) is 3. The SMILES string of the molecule is CCCC(CC(=O)O)NC(=O)C(C)(C)CCN. The van der Waals surface area contributed by atoms with Gasteiger partial charge in [-0.05, 0) is 19.4 Å². The van der Waals surface area contributed by atoms with Crippen molar-refractivity contribution in [3.05, 3.63) is 0 Å². The van der Waals surface area contributed by atoms with Crippen LogP contribution in [0.5, 0.6) is 0 Å². The van der Waals surface area contributed by atoms with Crippen molar-refractivity contribution >= 4 is 11.9 Å². The molecule has 100 valence electrons. The first-order valence-electron chi connectivity index (χ1n) is 6.06.